The summed E-state index contributed by atoms with van der Waals surface area (Å²) in [4.78, 5) is 10.9. The van der Waals surface area contributed by atoms with Gasteiger partial charge in [-0.25, -0.2) is 0 Å². The molecule has 0 amide bonds. The van der Waals surface area contributed by atoms with Gasteiger partial charge in [0.25, 0.3) is 0 Å². The van der Waals surface area contributed by atoms with E-state index >= 15 is 0 Å². The lowest BCUT2D eigenvalue weighted by molar-refractivity contribution is -0.147. The maximum Gasteiger partial charge on any atom is 0.303 e. The summed E-state index contributed by atoms with van der Waals surface area (Å²) < 4.78 is 10.5. The van der Waals surface area contributed by atoms with E-state index in [1.165, 1.54) is 19.8 Å². The maximum absolute atomic E-state index is 10.9. The molecular weight excluding hydrogens is 224 g/mol. The van der Waals surface area contributed by atoms with Crippen LogP contribution in [0.4, 0.5) is 0 Å². The van der Waals surface area contributed by atoms with E-state index < -0.39 is 0 Å². The van der Waals surface area contributed by atoms with Crippen LogP contribution in [0.5, 0.6) is 0 Å². The predicted molar refractivity (Wildman–Crippen MR) is 68.8 cm³/mol. The van der Waals surface area contributed by atoms with Gasteiger partial charge in [0, 0.05) is 12.7 Å². The van der Waals surface area contributed by atoms with Crippen LogP contribution in [0.15, 0.2) is 12.7 Å². The van der Waals surface area contributed by atoms with Crippen LogP contribution < -0.4 is 0 Å². The molecule has 0 saturated carbocycles. The molecule has 0 fully saturated rings. The van der Waals surface area contributed by atoms with Crippen molar-refractivity contribution < 1.29 is 14.3 Å². The molecule has 4 heteroatoms. The summed E-state index contributed by atoms with van der Waals surface area (Å²) in [7, 11) is 0. The minimum atomic E-state index is -0.247. The third-order valence-corrected chi connectivity index (χ3v) is 3.00. The van der Waals surface area contributed by atoms with Gasteiger partial charge in [0.05, 0.1) is 13.2 Å². The Kier molecular flexibility index (Phi) is 10.7. The topological polar surface area (TPSA) is 35.5 Å². The molecule has 0 aromatic heterocycles. The van der Waals surface area contributed by atoms with Crippen LogP contribution in [0.2, 0.25) is 0 Å². The second-order valence-corrected chi connectivity index (χ2v) is 4.64. The Hall–Kier alpha value is -0.480. The van der Waals surface area contributed by atoms with Gasteiger partial charge >= 0.3 is 5.97 Å². The second kappa shape index (κ2) is 11.0. The molecule has 0 N–H and O–H groups in total. The highest BCUT2D eigenvalue weighted by molar-refractivity contribution is 7.99. The third-order valence-electron chi connectivity index (χ3n) is 1.82. The lowest BCUT2D eigenvalue weighted by Gasteiger charge is -2.16. The summed E-state index contributed by atoms with van der Waals surface area (Å²) in [5.74, 6) is 1.66. The number of carbonyl (C=O) groups excluding carboxylic acids is 1. The van der Waals surface area contributed by atoms with Crippen molar-refractivity contribution in [2.75, 3.05) is 24.7 Å². The molecule has 1 unspecified atom stereocenters. The number of unbranched alkanes of at least 4 members (excludes halogenated alkanes) is 1. The molecule has 16 heavy (non-hydrogen) atoms. The lowest BCUT2D eigenvalue weighted by atomic mass is 10.4. The van der Waals surface area contributed by atoms with Crippen LogP contribution in [-0.4, -0.2) is 36.8 Å². The first-order valence-electron chi connectivity index (χ1n) is 5.64. The van der Waals surface area contributed by atoms with Crippen molar-refractivity contribution in [2.24, 2.45) is 0 Å². The Morgan fingerprint density at radius 3 is 2.88 bits per heavy atom. The molecule has 0 aromatic rings. The number of hydrogen-bond donors (Lipinski definition) is 0. The summed E-state index contributed by atoms with van der Waals surface area (Å²) in [5, 5.41) is 0. The van der Waals surface area contributed by atoms with Gasteiger partial charge < -0.3 is 9.47 Å². The molecule has 1 atom stereocenters. The van der Waals surface area contributed by atoms with Gasteiger partial charge in [-0.1, -0.05) is 19.4 Å². The molecule has 0 radical (unpaired) electrons. The van der Waals surface area contributed by atoms with Crippen molar-refractivity contribution in [2.45, 2.75) is 32.8 Å². The standard InChI is InChI=1S/C12H22O3S/c1-4-6-8-16-10-12(15-11(3)13)9-14-7-5-2/h5,12H,2,4,6-10H2,1,3H3. The van der Waals surface area contributed by atoms with Crippen molar-refractivity contribution >= 4 is 17.7 Å². The number of hydrogen-bond acceptors (Lipinski definition) is 4. The molecular formula is C12H22O3S. The molecule has 0 spiro atoms. The SMILES string of the molecule is C=CCOCC(CSCCCC)OC(C)=O. The van der Waals surface area contributed by atoms with Crippen molar-refractivity contribution in [1.82, 2.24) is 0 Å². The zero-order chi connectivity index (χ0) is 12.2. The predicted octanol–water partition coefficient (Wildman–Crippen LogP) is 2.65. The highest BCUT2D eigenvalue weighted by Gasteiger charge is 2.11. The molecule has 0 heterocycles. The lowest BCUT2D eigenvalue weighted by Crippen LogP contribution is -2.25. The van der Waals surface area contributed by atoms with E-state index in [-0.39, 0.29) is 12.1 Å². The Morgan fingerprint density at radius 1 is 1.56 bits per heavy atom. The van der Waals surface area contributed by atoms with E-state index in [9.17, 15) is 4.79 Å². The number of thioether (sulfide) groups is 1. The van der Waals surface area contributed by atoms with E-state index in [0.717, 1.165) is 11.5 Å². The van der Waals surface area contributed by atoms with E-state index in [1.807, 2.05) is 0 Å². The molecule has 3 nitrogen and oxygen atoms in total. The number of carbonyl (C=O) groups is 1. The van der Waals surface area contributed by atoms with Gasteiger partial charge in [-0.05, 0) is 12.2 Å². The Labute approximate surface area is 103 Å². The normalized spacial score (nSPS) is 12.1. The molecule has 0 aliphatic rings. The number of rotatable bonds is 10. The third kappa shape index (κ3) is 10.1. The minimum Gasteiger partial charge on any atom is -0.459 e. The Balaban J connectivity index is 3.71. The largest absolute Gasteiger partial charge is 0.459 e. The van der Waals surface area contributed by atoms with Gasteiger partial charge in [-0.3, -0.25) is 4.79 Å². The number of esters is 1. The van der Waals surface area contributed by atoms with Gasteiger partial charge in [-0.15, -0.1) is 6.58 Å². The van der Waals surface area contributed by atoms with Crippen LogP contribution in [0.3, 0.4) is 0 Å². The molecule has 0 aliphatic heterocycles. The van der Waals surface area contributed by atoms with Crippen LogP contribution in [0.1, 0.15) is 26.7 Å². The molecule has 0 aromatic carbocycles. The average molecular weight is 246 g/mol. The average Bonchev–Trinajstić information content (AvgIpc) is 2.23. The maximum atomic E-state index is 10.9. The Bertz CT molecular complexity index is 195. The van der Waals surface area contributed by atoms with Crippen molar-refractivity contribution in [1.29, 1.82) is 0 Å². The molecule has 0 bridgehead atoms. The fraction of sp³-hybridized carbons (Fsp3) is 0.750. The summed E-state index contributed by atoms with van der Waals surface area (Å²) in [5.41, 5.74) is 0. The van der Waals surface area contributed by atoms with Crippen LogP contribution >= 0.6 is 11.8 Å². The second-order valence-electron chi connectivity index (χ2n) is 3.49. The highest BCUT2D eigenvalue weighted by Crippen LogP contribution is 2.09. The monoisotopic (exact) mass is 246 g/mol. The minimum absolute atomic E-state index is 0.140. The first kappa shape index (κ1) is 15.5. The fourth-order valence-electron chi connectivity index (χ4n) is 1.09. The van der Waals surface area contributed by atoms with Crippen molar-refractivity contribution in [3.05, 3.63) is 12.7 Å². The van der Waals surface area contributed by atoms with Crippen molar-refractivity contribution in [3.63, 3.8) is 0 Å². The van der Waals surface area contributed by atoms with Gasteiger partial charge in [0.2, 0.25) is 0 Å². The fourth-order valence-corrected chi connectivity index (χ4v) is 2.18. The zero-order valence-corrected chi connectivity index (χ0v) is 11.1. The van der Waals surface area contributed by atoms with E-state index in [4.69, 9.17) is 9.47 Å². The summed E-state index contributed by atoms with van der Waals surface area (Å²) in [6, 6.07) is 0. The van der Waals surface area contributed by atoms with Crippen LogP contribution in [0.25, 0.3) is 0 Å². The number of ether oxygens (including phenoxy) is 2. The summed E-state index contributed by atoms with van der Waals surface area (Å²) in [6.07, 6.45) is 3.94. The first-order valence-corrected chi connectivity index (χ1v) is 6.79. The van der Waals surface area contributed by atoms with Crippen molar-refractivity contribution in [3.8, 4) is 0 Å². The molecule has 94 valence electrons. The Morgan fingerprint density at radius 2 is 2.31 bits per heavy atom. The molecule has 0 aliphatic carbocycles. The quantitative estimate of drug-likeness (QED) is 0.337. The molecule has 0 rings (SSSR count). The smallest absolute Gasteiger partial charge is 0.303 e. The zero-order valence-electron chi connectivity index (χ0n) is 10.2. The first-order chi connectivity index (χ1) is 7.70. The van der Waals surface area contributed by atoms with E-state index in [0.29, 0.717) is 13.2 Å². The van der Waals surface area contributed by atoms with E-state index in [1.54, 1.807) is 17.8 Å². The van der Waals surface area contributed by atoms with Crippen LogP contribution in [0, 0.1) is 0 Å². The summed E-state index contributed by atoms with van der Waals surface area (Å²) >= 11 is 1.80. The van der Waals surface area contributed by atoms with Crippen LogP contribution in [-0.2, 0) is 14.3 Å². The van der Waals surface area contributed by atoms with Gasteiger partial charge in [-0.2, -0.15) is 11.8 Å². The van der Waals surface area contributed by atoms with Gasteiger partial charge in [0.15, 0.2) is 0 Å². The van der Waals surface area contributed by atoms with Gasteiger partial charge in [0.1, 0.15) is 6.10 Å². The summed E-state index contributed by atoms with van der Waals surface area (Å²) in [6.45, 7) is 8.11. The van der Waals surface area contributed by atoms with E-state index in [2.05, 4.69) is 13.5 Å². The highest BCUT2D eigenvalue weighted by atomic mass is 32.2. The molecule has 0 saturated heterocycles.